The Labute approximate surface area is 148 Å². The first kappa shape index (κ1) is 21.8. The topological polar surface area (TPSA) is 81.4 Å². The molecular formula is C13H21Cl3N2O3S. The molecule has 1 aromatic carbocycles. The smallest absolute Gasteiger partial charge is 0.242 e. The molecule has 0 atom stereocenters. The Bertz CT molecular complexity index is 605. The Morgan fingerprint density at radius 2 is 1.77 bits per heavy atom. The third-order valence-electron chi connectivity index (χ3n) is 3.52. The van der Waals surface area contributed by atoms with Gasteiger partial charge in [-0.1, -0.05) is 37.0 Å². The molecule has 3 N–H and O–H groups in total. The lowest BCUT2D eigenvalue weighted by molar-refractivity contribution is 0.391. The van der Waals surface area contributed by atoms with Crippen molar-refractivity contribution in [3.05, 3.63) is 22.2 Å². The van der Waals surface area contributed by atoms with E-state index in [-0.39, 0.29) is 33.9 Å². The van der Waals surface area contributed by atoms with E-state index >= 15 is 0 Å². The zero-order valence-corrected chi connectivity index (χ0v) is 15.8. The molecule has 0 unspecified atom stereocenters. The van der Waals surface area contributed by atoms with Crippen molar-refractivity contribution in [2.75, 3.05) is 13.7 Å². The van der Waals surface area contributed by atoms with E-state index in [1.807, 2.05) is 13.8 Å². The third-order valence-corrected chi connectivity index (χ3v) is 5.68. The van der Waals surface area contributed by atoms with Crippen molar-refractivity contribution in [1.82, 2.24) is 4.72 Å². The first-order chi connectivity index (χ1) is 9.69. The molecule has 0 aliphatic heterocycles. The minimum Gasteiger partial charge on any atom is -0.495 e. The second-order valence-electron chi connectivity index (χ2n) is 4.81. The van der Waals surface area contributed by atoms with Gasteiger partial charge in [-0.15, -0.1) is 12.4 Å². The zero-order valence-electron chi connectivity index (χ0n) is 12.7. The number of halogens is 3. The van der Waals surface area contributed by atoms with Gasteiger partial charge in [0.15, 0.2) is 0 Å². The van der Waals surface area contributed by atoms with Crippen LogP contribution in [0.4, 0.5) is 0 Å². The Morgan fingerprint density at radius 3 is 2.23 bits per heavy atom. The summed E-state index contributed by atoms with van der Waals surface area (Å²) in [5, 5.41) is 0.214. The molecule has 0 saturated heterocycles. The number of ether oxygens (including phenoxy) is 1. The molecule has 0 saturated carbocycles. The van der Waals surface area contributed by atoms with Gasteiger partial charge in [-0.2, -0.15) is 0 Å². The molecular weight excluding hydrogens is 371 g/mol. The summed E-state index contributed by atoms with van der Waals surface area (Å²) in [6.45, 7) is 3.95. The lowest BCUT2D eigenvalue weighted by atomic mass is 9.95. The lowest BCUT2D eigenvalue weighted by Crippen LogP contribution is -2.49. The van der Waals surface area contributed by atoms with Gasteiger partial charge in [0.25, 0.3) is 0 Å². The molecule has 0 bridgehead atoms. The van der Waals surface area contributed by atoms with Crippen molar-refractivity contribution >= 4 is 45.6 Å². The lowest BCUT2D eigenvalue weighted by Gasteiger charge is -2.26. The molecule has 1 aromatic rings. The van der Waals surface area contributed by atoms with Crippen LogP contribution in [0.1, 0.15) is 26.7 Å². The summed E-state index contributed by atoms with van der Waals surface area (Å²) in [4.78, 5) is -0.0930. The molecule has 0 heterocycles. The summed E-state index contributed by atoms with van der Waals surface area (Å²) in [7, 11) is -2.37. The quantitative estimate of drug-likeness (QED) is 0.747. The van der Waals surface area contributed by atoms with Crippen molar-refractivity contribution < 1.29 is 13.2 Å². The number of benzene rings is 1. The number of hydrogen-bond donors (Lipinski definition) is 2. The molecule has 0 aromatic heterocycles. The van der Waals surface area contributed by atoms with E-state index < -0.39 is 15.6 Å². The van der Waals surface area contributed by atoms with Gasteiger partial charge < -0.3 is 10.5 Å². The molecule has 1 rings (SSSR count). The third kappa shape index (κ3) is 5.15. The van der Waals surface area contributed by atoms with Crippen LogP contribution in [-0.2, 0) is 10.0 Å². The van der Waals surface area contributed by atoms with Gasteiger partial charge in [-0.3, -0.25) is 0 Å². The predicted molar refractivity (Wildman–Crippen MR) is 93.0 cm³/mol. The Morgan fingerprint density at radius 1 is 1.23 bits per heavy atom. The Hall–Kier alpha value is -0.240. The Kier molecular flexibility index (Phi) is 8.47. The van der Waals surface area contributed by atoms with Crippen LogP contribution in [-0.4, -0.2) is 27.6 Å². The van der Waals surface area contributed by atoms with E-state index in [4.69, 9.17) is 33.7 Å². The first-order valence-electron chi connectivity index (χ1n) is 6.50. The molecule has 0 radical (unpaired) electrons. The van der Waals surface area contributed by atoms with Gasteiger partial charge >= 0.3 is 0 Å². The highest BCUT2D eigenvalue weighted by Crippen LogP contribution is 2.33. The number of sulfonamides is 1. The van der Waals surface area contributed by atoms with Gasteiger partial charge in [0, 0.05) is 18.2 Å². The van der Waals surface area contributed by atoms with E-state index in [0.717, 1.165) is 0 Å². The van der Waals surface area contributed by atoms with Gasteiger partial charge in [0.2, 0.25) is 10.0 Å². The van der Waals surface area contributed by atoms with Crippen LogP contribution in [0, 0.1) is 0 Å². The summed E-state index contributed by atoms with van der Waals surface area (Å²) in [6.07, 6.45) is 1.31. The molecule has 0 aliphatic carbocycles. The molecule has 5 nitrogen and oxygen atoms in total. The summed E-state index contributed by atoms with van der Waals surface area (Å²) in [5.41, 5.74) is 5.50. The van der Waals surface area contributed by atoms with Crippen LogP contribution in [0.3, 0.4) is 0 Å². The maximum Gasteiger partial charge on any atom is 0.242 e. The highest BCUT2D eigenvalue weighted by molar-refractivity contribution is 7.89. The standard InChI is InChI=1S/C13H20Cl2N2O3S.ClH/c1-4-13(16,5-2)8-17-21(18,19)12-7-9(14)11(20-3)6-10(12)15;/h6-7,17H,4-5,8,16H2,1-3H3;1H. The molecule has 0 spiro atoms. The van der Waals surface area contributed by atoms with Crippen LogP contribution in [0.5, 0.6) is 5.75 Å². The number of methoxy groups -OCH3 is 1. The largest absolute Gasteiger partial charge is 0.495 e. The van der Waals surface area contributed by atoms with Crippen molar-refractivity contribution in [3.63, 3.8) is 0 Å². The van der Waals surface area contributed by atoms with Gasteiger partial charge in [-0.05, 0) is 18.9 Å². The number of rotatable bonds is 7. The monoisotopic (exact) mass is 390 g/mol. The highest BCUT2D eigenvalue weighted by atomic mass is 35.5. The van der Waals surface area contributed by atoms with Crippen LogP contribution in [0.2, 0.25) is 10.0 Å². The van der Waals surface area contributed by atoms with E-state index in [2.05, 4.69) is 4.72 Å². The average Bonchev–Trinajstić information content (AvgIpc) is 2.46. The molecule has 0 fully saturated rings. The highest BCUT2D eigenvalue weighted by Gasteiger charge is 2.26. The normalized spacial score (nSPS) is 11.9. The summed E-state index contributed by atoms with van der Waals surface area (Å²) in [6, 6.07) is 2.63. The van der Waals surface area contributed by atoms with Crippen molar-refractivity contribution in [1.29, 1.82) is 0 Å². The maximum absolute atomic E-state index is 12.3. The molecule has 128 valence electrons. The van der Waals surface area contributed by atoms with Crippen LogP contribution < -0.4 is 15.2 Å². The fourth-order valence-electron chi connectivity index (χ4n) is 1.69. The van der Waals surface area contributed by atoms with Crippen molar-refractivity contribution in [2.45, 2.75) is 37.1 Å². The number of hydrogen-bond acceptors (Lipinski definition) is 4. The predicted octanol–water partition coefficient (Wildman–Crippen LogP) is 3.22. The minimum atomic E-state index is -3.79. The van der Waals surface area contributed by atoms with Gasteiger partial charge in [-0.25, -0.2) is 13.1 Å². The van der Waals surface area contributed by atoms with Gasteiger partial charge in [0.1, 0.15) is 10.6 Å². The Balaban J connectivity index is 0.00000441. The summed E-state index contributed by atoms with van der Waals surface area (Å²) in [5.74, 6) is 0.316. The number of nitrogens with one attached hydrogen (secondary N) is 1. The van der Waals surface area contributed by atoms with E-state index in [9.17, 15) is 8.42 Å². The molecule has 0 amide bonds. The SMILES string of the molecule is CCC(N)(CC)CNS(=O)(=O)c1cc(Cl)c(OC)cc1Cl.Cl. The van der Waals surface area contributed by atoms with Crippen molar-refractivity contribution in [3.8, 4) is 5.75 Å². The fraction of sp³-hybridized carbons (Fsp3) is 0.538. The summed E-state index contributed by atoms with van der Waals surface area (Å²) >= 11 is 11.9. The van der Waals surface area contributed by atoms with Gasteiger partial charge in [0.05, 0.1) is 17.2 Å². The fourth-order valence-corrected chi connectivity index (χ4v) is 3.67. The van der Waals surface area contributed by atoms with Crippen LogP contribution in [0.25, 0.3) is 0 Å². The molecule has 0 aliphatic rings. The average molecular weight is 392 g/mol. The van der Waals surface area contributed by atoms with Crippen LogP contribution in [0.15, 0.2) is 17.0 Å². The van der Waals surface area contributed by atoms with Crippen molar-refractivity contribution in [2.24, 2.45) is 5.73 Å². The minimum absolute atomic E-state index is 0. The van der Waals surface area contributed by atoms with Crippen LogP contribution >= 0.6 is 35.6 Å². The first-order valence-corrected chi connectivity index (χ1v) is 8.74. The number of nitrogens with two attached hydrogens (primary N) is 1. The second kappa shape index (κ2) is 8.57. The van der Waals surface area contributed by atoms with E-state index in [1.165, 1.54) is 19.2 Å². The molecule has 22 heavy (non-hydrogen) atoms. The second-order valence-corrected chi connectivity index (χ2v) is 7.36. The van der Waals surface area contributed by atoms with E-state index in [1.54, 1.807) is 0 Å². The molecule has 9 heteroatoms. The maximum atomic E-state index is 12.3. The van der Waals surface area contributed by atoms with E-state index in [0.29, 0.717) is 18.6 Å². The zero-order chi connectivity index (χ0) is 16.3. The summed E-state index contributed by atoms with van der Waals surface area (Å²) < 4.78 is 32.1.